The Labute approximate surface area is 170 Å². The standard InChI is InChI=1S/C21H27N5O3/c1-21(2,3)16-9-10-22-19(26-16)24-14-11-28-18-15(12-29-17(14)18)25-20(27)23-13-7-5-4-6-8-13/h4-10,14-15,17-18H,11-12H2,1-3H3,(H,22,24,26)(H2,23,25,27)/t14-,15+,17-,18+/m1/s1. The first-order chi connectivity index (χ1) is 13.9. The van der Waals surface area contributed by atoms with Crippen LogP contribution in [0.4, 0.5) is 16.4 Å². The van der Waals surface area contributed by atoms with E-state index in [9.17, 15) is 4.79 Å². The molecule has 2 fully saturated rings. The molecule has 1 aromatic heterocycles. The molecule has 2 amide bonds. The van der Waals surface area contributed by atoms with Crippen LogP contribution in [0.1, 0.15) is 26.5 Å². The average molecular weight is 397 g/mol. The molecular formula is C21H27N5O3. The van der Waals surface area contributed by atoms with Crippen LogP contribution < -0.4 is 16.0 Å². The van der Waals surface area contributed by atoms with Crippen LogP contribution in [0, 0.1) is 0 Å². The Balaban J connectivity index is 1.35. The van der Waals surface area contributed by atoms with Crippen molar-refractivity contribution in [1.29, 1.82) is 0 Å². The minimum Gasteiger partial charge on any atom is -0.371 e. The molecule has 3 heterocycles. The topological polar surface area (TPSA) is 97.4 Å². The van der Waals surface area contributed by atoms with Gasteiger partial charge in [0.1, 0.15) is 12.2 Å². The SMILES string of the molecule is CC(C)(C)c1ccnc(N[C@@H]2CO[C@@H]3[C@@H]2OC[C@@H]3NC(=O)Nc2ccccc2)n1. The Morgan fingerprint density at radius 3 is 2.45 bits per heavy atom. The van der Waals surface area contributed by atoms with Crippen LogP contribution in [0.15, 0.2) is 42.6 Å². The number of hydrogen-bond acceptors (Lipinski definition) is 6. The molecular weight excluding hydrogens is 370 g/mol. The second-order valence-corrected chi connectivity index (χ2v) is 8.43. The summed E-state index contributed by atoms with van der Waals surface area (Å²) in [4.78, 5) is 21.2. The molecule has 4 atom stereocenters. The lowest BCUT2D eigenvalue weighted by Crippen LogP contribution is -2.46. The number of hydrogen-bond donors (Lipinski definition) is 3. The largest absolute Gasteiger partial charge is 0.371 e. The molecule has 2 aliphatic rings. The maximum absolute atomic E-state index is 12.3. The second-order valence-electron chi connectivity index (χ2n) is 8.43. The molecule has 0 unspecified atom stereocenters. The third-order valence-electron chi connectivity index (χ3n) is 5.14. The van der Waals surface area contributed by atoms with E-state index < -0.39 is 0 Å². The predicted molar refractivity (Wildman–Crippen MR) is 110 cm³/mol. The smallest absolute Gasteiger partial charge is 0.319 e. The van der Waals surface area contributed by atoms with E-state index >= 15 is 0 Å². The van der Waals surface area contributed by atoms with Crippen molar-refractivity contribution in [3.05, 3.63) is 48.3 Å². The number of urea groups is 1. The van der Waals surface area contributed by atoms with Crippen molar-refractivity contribution >= 4 is 17.7 Å². The number of benzene rings is 1. The van der Waals surface area contributed by atoms with Crippen LogP contribution in [0.3, 0.4) is 0 Å². The lowest BCUT2D eigenvalue weighted by molar-refractivity contribution is 0.0683. The zero-order chi connectivity index (χ0) is 20.4. The van der Waals surface area contributed by atoms with Crippen LogP contribution in [-0.4, -0.2) is 53.5 Å². The fourth-order valence-electron chi connectivity index (χ4n) is 3.62. The number of aromatic nitrogens is 2. The van der Waals surface area contributed by atoms with Gasteiger partial charge in [0, 0.05) is 17.3 Å². The minimum atomic E-state index is -0.272. The normalized spacial score (nSPS) is 26.0. The van der Waals surface area contributed by atoms with Gasteiger partial charge in [-0.15, -0.1) is 0 Å². The van der Waals surface area contributed by atoms with Crippen molar-refractivity contribution in [1.82, 2.24) is 15.3 Å². The number of para-hydroxylation sites is 1. The van der Waals surface area contributed by atoms with Crippen LogP contribution in [0.2, 0.25) is 0 Å². The van der Waals surface area contributed by atoms with Crippen LogP contribution in [0.25, 0.3) is 0 Å². The summed E-state index contributed by atoms with van der Waals surface area (Å²) in [7, 11) is 0. The van der Waals surface area contributed by atoms with Gasteiger partial charge >= 0.3 is 6.03 Å². The van der Waals surface area contributed by atoms with Gasteiger partial charge in [-0.3, -0.25) is 0 Å². The number of fused-ring (bicyclic) bond motifs is 1. The fraction of sp³-hybridized carbons (Fsp3) is 0.476. The van der Waals surface area contributed by atoms with E-state index in [0.717, 1.165) is 11.4 Å². The van der Waals surface area contributed by atoms with E-state index in [-0.39, 0.29) is 35.7 Å². The van der Waals surface area contributed by atoms with Gasteiger partial charge < -0.3 is 25.4 Å². The van der Waals surface area contributed by atoms with E-state index in [1.165, 1.54) is 0 Å². The first-order valence-electron chi connectivity index (χ1n) is 9.86. The molecule has 2 aliphatic heterocycles. The minimum absolute atomic E-state index is 0.0565. The van der Waals surface area contributed by atoms with E-state index in [1.54, 1.807) is 6.20 Å². The Morgan fingerprint density at radius 2 is 1.72 bits per heavy atom. The summed E-state index contributed by atoms with van der Waals surface area (Å²) in [6.45, 7) is 7.22. The van der Waals surface area contributed by atoms with E-state index in [0.29, 0.717) is 19.2 Å². The molecule has 0 radical (unpaired) electrons. The maximum atomic E-state index is 12.3. The Hall–Kier alpha value is -2.71. The molecule has 154 valence electrons. The molecule has 8 nitrogen and oxygen atoms in total. The third-order valence-corrected chi connectivity index (χ3v) is 5.14. The van der Waals surface area contributed by atoms with Crippen LogP contribution in [-0.2, 0) is 14.9 Å². The van der Waals surface area contributed by atoms with E-state index in [2.05, 4.69) is 46.7 Å². The van der Waals surface area contributed by atoms with Gasteiger partial charge in [-0.1, -0.05) is 39.0 Å². The highest BCUT2D eigenvalue weighted by molar-refractivity contribution is 5.89. The fourth-order valence-corrected chi connectivity index (χ4v) is 3.62. The summed E-state index contributed by atoms with van der Waals surface area (Å²) in [6.07, 6.45) is 1.38. The zero-order valence-electron chi connectivity index (χ0n) is 16.9. The lowest BCUT2D eigenvalue weighted by atomic mass is 9.92. The number of carbonyl (C=O) groups is 1. The molecule has 8 heteroatoms. The number of nitrogens with zero attached hydrogens (tertiary/aromatic N) is 2. The van der Waals surface area contributed by atoms with Gasteiger partial charge in [0.15, 0.2) is 0 Å². The van der Waals surface area contributed by atoms with Gasteiger partial charge in [-0.2, -0.15) is 0 Å². The van der Waals surface area contributed by atoms with Gasteiger partial charge in [-0.25, -0.2) is 14.8 Å². The number of carbonyl (C=O) groups excluding carboxylic acids is 1. The van der Waals surface area contributed by atoms with Gasteiger partial charge in [-0.05, 0) is 18.2 Å². The Kier molecular flexibility index (Phi) is 5.38. The molecule has 29 heavy (non-hydrogen) atoms. The second kappa shape index (κ2) is 7.96. The number of anilines is 2. The molecule has 3 N–H and O–H groups in total. The number of amides is 2. The molecule has 2 aromatic rings. The molecule has 0 spiro atoms. The van der Waals surface area contributed by atoms with Gasteiger partial charge in [0.25, 0.3) is 0 Å². The molecule has 0 bridgehead atoms. The summed E-state index contributed by atoms with van der Waals surface area (Å²) in [5.74, 6) is 0.563. The Bertz CT molecular complexity index is 855. The number of rotatable bonds is 4. The molecule has 1 aromatic carbocycles. The summed E-state index contributed by atoms with van der Waals surface area (Å²) >= 11 is 0. The summed E-state index contributed by atoms with van der Waals surface area (Å²) in [6, 6.07) is 10.7. The van der Waals surface area contributed by atoms with Crippen molar-refractivity contribution in [2.24, 2.45) is 0 Å². The Morgan fingerprint density at radius 1 is 1.03 bits per heavy atom. The molecule has 0 aliphatic carbocycles. The molecule has 2 saturated heterocycles. The highest BCUT2D eigenvalue weighted by Gasteiger charge is 2.48. The monoisotopic (exact) mass is 397 g/mol. The molecule has 4 rings (SSSR count). The average Bonchev–Trinajstić information content (AvgIpc) is 3.26. The summed E-state index contributed by atoms with van der Waals surface area (Å²) in [5.41, 5.74) is 1.65. The van der Waals surface area contributed by atoms with E-state index in [1.807, 2.05) is 36.4 Å². The van der Waals surface area contributed by atoms with Crippen molar-refractivity contribution in [3.8, 4) is 0 Å². The third kappa shape index (κ3) is 4.49. The highest BCUT2D eigenvalue weighted by atomic mass is 16.6. The molecule has 0 saturated carbocycles. The quantitative estimate of drug-likeness (QED) is 0.734. The highest BCUT2D eigenvalue weighted by Crippen LogP contribution is 2.29. The van der Waals surface area contributed by atoms with Crippen molar-refractivity contribution < 1.29 is 14.3 Å². The first-order valence-corrected chi connectivity index (χ1v) is 9.86. The summed E-state index contributed by atoms with van der Waals surface area (Å²) < 4.78 is 11.9. The van der Waals surface area contributed by atoms with E-state index in [4.69, 9.17) is 9.47 Å². The van der Waals surface area contributed by atoms with Crippen molar-refractivity contribution in [2.75, 3.05) is 23.8 Å². The van der Waals surface area contributed by atoms with Gasteiger partial charge in [0.2, 0.25) is 5.95 Å². The van der Waals surface area contributed by atoms with Crippen molar-refractivity contribution in [2.45, 2.75) is 50.5 Å². The predicted octanol–water partition coefficient (Wildman–Crippen LogP) is 2.54. The lowest BCUT2D eigenvalue weighted by Gasteiger charge is -2.21. The number of nitrogens with one attached hydrogen (secondary N) is 3. The van der Waals surface area contributed by atoms with Crippen LogP contribution in [0.5, 0.6) is 0 Å². The number of ether oxygens (including phenoxy) is 2. The summed E-state index contributed by atoms with van der Waals surface area (Å²) in [5, 5.41) is 9.11. The maximum Gasteiger partial charge on any atom is 0.319 e. The zero-order valence-corrected chi connectivity index (χ0v) is 16.9. The first kappa shape index (κ1) is 19.6. The van der Waals surface area contributed by atoms with Crippen LogP contribution >= 0.6 is 0 Å². The van der Waals surface area contributed by atoms with Gasteiger partial charge in [0.05, 0.1) is 31.0 Å². The van der Waals surface area contributed by atoms with Crippen molar-refractivity contribution in [3.63, 3.8) is 0 Å².